The van der Waals surface area contributed by atoms with Gasteiger partial charge in [0, 0.05) is 31.0 Å². The van der Waals surface area contributed by atoms with Crippen LogP contribution in [0.3, 0.4) is 0 Å². The van der Waals surface area contributed by atoms with Crippen molar-refractivity contribution in [1.82, 2.24) is 9.91 Å². The van der Waals surface area contributed by atoms with Crippen LogP contribution in [0.25, 0.3) is 0 Å². The van der Waals surface area contributed by atoms with Gasteiger partial charge in [-0.2, -0.15) is 5.10 Å². The number of rotatable bonds is 9. The molecule has 1 heterocycles. The van der Waals surface area contributed by atoms with Crippen LogP contribution >= 0.6 is 11.6 Å². The van der Waals surface area contributed by atoms with Crippen molar-refractivity contribution in [2.45, 2.75) is 25.3 Å². The average Bonchev–Trinajstić information content (AvgIpc) is 3.60. The molecule has 1 saturated carbocycles. The summed E-state index contributed by atoms with van der Waals surface area (Å²) in [6.45, 7) is 0.737. The maximum Gasteiger partial charge on any atom is 0.262 e. The molecule has 1 atom stereocenters. The van der Waals surface area contributed by atoms with Crippen molar-refractivity contribution >= 4 is 29.1 Å². The van der Waals surface area contributed by atoms with Crippen LogP contribution in [0.5, 0.6) is 5.75 Å². The van der Waals surface area contributed by atoms with Crippen LogP contribution in [0.1, 0.15) is 36.4 Å². The summed E-state index contributed by atoms with van der Waals surface area (Å²) in [5.74, 6) is 0.580. The van der Waals surface area contributed by atoms with Gasteiger partial charge in [-0.3, -0.25) is 9.59 Å². The van der Waals surface area contributed by atoms with Crippen LogP contribution in [-0.4, -0.2) is 61.4 Å². The number of hydrogen-bond donors (Lipinski definition) is 0. The first kappa shape index (κ1) is 23.3. The Morgan fingerprint density at radius 2 is 1.79 bits per heavy atom. The second-order valence-corrected chi connectivity index (χ2v) is 8.75. The molecule has 0 spiro atoms. The SMILES string of the molecule is COCCN(CC(=O)N1N=C(c2ccc(OC)cc2)C[C@H]1c1ccc(Cl)cc1)C(=O)C1CC1. The summed E-state index contributed by atoms with van der Waals surface area (Å²) in [6.07, 6.45) is 2.33. The fraction of sp³-hybridized carbons (Fsp3) is 0.400. The first-order valence-corrected chi connectivity index (χ1v) is 11.4. The number of halogens is 1. The molecule has 1 fully saturated rings. The molecule has 174 valence electrons. The van der Waals surface area contributed by atoms with Crippen LogP contribution in [0.4, 0.5) is 0 Å². The van der Waals surface area contributed by atoms with Gasteiger partial charge in [-0.1, -0.05) is 23.7 Å². The quantitative estimate of drug-likeness (QED) is 0.558. The summed E-state index contributed by atoms with van der Waals surface area (Å²) in [7, 11) is 3.21. The largest absolute Gasteiger partial charge is 0.497 e. The number of benzene rings is 2. The van der Waals surface area contributed by atoms with E-state index in [0.29, 0.717) is 24.6 Å². The molecule has 8 heteroatoms. The summed E-state index contributed by atoms with van der Waals surface area (Å²) in [4.78, 5) is 27.8. The van der Waals surface area contributed by atoms with Crippen molar-refractivity contribution in [1.29, 1.82) is 0 Å². The summed E-state index contributed by atoms with van der Waals surface area (Å²) < 4.78 is 10.4. The number of hydrazone groups is 1. The lowest BCUT2D eigenvalue weighted by Gasteiger charge is -2.27. The van der Waals surface area contributed by atoms with E-state index in [-0.39, 0.29) is 30.3 Å². The highest BCUT2D eigenvalue weighted by Gasteiger charge is 2.37. The lowest BCUT2D eigenvalue weighted by Crippen LogP contribution is -2.43. The van der Waals surface area contributed by atoms with Crippen molar-refractivity contribution in [3.8, 4) is 5.75 Å². The van der Waals surface area contributed by atoms with E-state index in [9.17, 15) is 9.59 Å². The Bertz CT molecular complexity index is 1020. The minimum absolute atomic E-state index is 0.0157. The summed E-state index contributed by atoms with van der Waals surface area (Å²) in [5.41, 5.74) is 2.68. The van der Waals surface area contributed by atoms with Crippen molar-refractivity contribution in [3.05, 3.63) is 64.7 Å². The molecule has 2 aliphatic rings. The summed E-state index contributed by atoms with van der Waals surface area (Å²) >= 11 is 6.08. The van der Waals surface area contributed by atoms with Crippen LogP contribution in [0, 0.1) is 5.92 Å². The van der Waals surface area contributed by atoms with Gasteiger partial charge >= 0.3 is 0 Å². The maximum absolute atomic E-state index is 13.4. The highest BCUT2D eigenvalue weighted by Crippen LogP contribution is 2.35. The lowest BCUT2D eigenvalue weighted by molar-refractivity contribution is -0.142. The molecule has 0 aromatic heterocycles. The number of carbonyl (C=O) groups excluding carboxylic acids is 2. The molecule has 0 radical (unpaired) electrons. The second-order valence-electron chi connectivity index (χ2n) is 8.31. The second kappa shape index (κ2) is 10.4. The highest BCUT2D eigenvalue weighted by atomic mass is 35.5. The van der Waals surface area contributed by atoms with Crippen LogP contribution < -0.4 is 4.74 Å². The highest BCUT2D eigenvalue weighted by molar-refractivity contribution is 6.30. The molecular formula is C25H28ClN3O4. The van der Waals surface area contributed by atoms with E-state index in [4.69, 9.17) is 26.2 Å². The van der Waals surface area contributed by atoms with Gasteiger partial charge in [0.15, 0.2) is 0 Å². The zero-order valence-electron chi connectivity index (χ0n) is 18.9. The predicted molar refractivity (Wildman–Crippen MR) is 126 cm³/mol. The number of amides is 2. The first-order valence-electron chi connectivity index (χ1n) is 11.1. The van der Waals surface area contributed by atoms with E-state index in [1.165, 1.54) is 5.01 Å². The number of carbonyl (C=O) groups is 2. The normalized spacial score (nSPS) is 17.6. The van der Waals surface area contributed by atoms with E-state index >= 15 is 0 Å². The molecule has 33 heavy (non-hydrogen) atoms. The van der Waals surface area contributed by atoms with Crippen molar-refractivity contribution in [2.24, 2.45) is 11.0 Å². The van der Waals surface area contributed by atoms with Crippen molar-refractivity contribution < 1.29 is 19.1 Å². The Balaban J connectivity index is 1.59. The smallest absolute Gasteiger partial charge is 0.262 e. The van der Waals surface area contributed by atoms with E-state index in [1.807, 2.05) is 48.5 Å². The summed E-state index contributed by atoms with van der Waals surface area (Å²) in [5, 5.41) is 6.85. The van der Waals surface area contributed by atoms with Crippen LogP contribution in [0.2, 0.25) is 5.02 Å². The zero-order chi connectivity index (χ0) is 23.4. The zero-order valence-corrected chi connectivity index (χ0v) is 19.6. The third-order valence-electron chi connectivity index (χ3n) is 5.97. The molecule has 0 unspecified atom stereocenters. The predicted octanol–water partition coefficient (Wildman–Crippen LogP) is 3.91. The monoisotopic (exact) mass is 469 g/mol. The first-order chi connectivity index (χ1) is 16.0. The van der Waals surface area contributed by atoms with Gasteiger partial charge in [-0.25, -0.2) is 5.01 Å². The molecule has 7 nitrogen and oxygen atoms in total. The molecule has 0 saturated heterocycles. The van der Waals surface area contributed by atoms with Gasteiger partial charge in [-0.15, -0.1) is 0 Å². The van der Waals surface area contributed by atoms with Gasteiger partial charge < -0.3 is 14.4 Å². The van der Waals surface area contributed by atoms with Gasteiger partial charge in [0.1, 0.15) is 12.3 Å². The maximum atomic E-state index is 13.4. The molecule has 0 bridgehead atoms. The van der Waals surface area contributed by atoms with E-state index in [1.54, 1.807) is 19.1 Å². The Morgan fingerprint density at radius 3 is 2.39 bits per heavy atom. The molecular weight excluding hydrogens is 442 g/mol. The number of nitrogens with zero attached hydrogens (tertiary/aromatic N) is 3. The molecule has 2 aromatic carbocycles. The molecule has 1 aliphatic heterocycles. The lowest BCUT2D eigenvalue weighted by atomic mass is 9.98. The Labute approximate surface area is 198 Å². The fourth-order valence-electron chi connectivity index (χ4n) is 3.94. The Hall–Kier alpha value is -2.90. The van der Waals surface area contributed by atoms with E-state index < -0.39 is 0 Å². The van der Waals surface area contributed by atoms with Crippen LogP contribution in [-0.2, 0) is 14.3 Å². The van der Waals surface area contributed by atoms with Crippen molar-refractivity contribution in [2.75, 3.05) is 33.9 Å². The molecule has 1 aliphatic carbocycles. The molecule has 2 amide bonds. The summed E-state index contributed by atoms with van der Waals surface area (Å²) in [6, 6.07) is 14.8. The van der Waals surface area contributed by atoms with Gasteiger partial charge in [0.05, 0.1) is 25.5 Å². The van der Waals surface area contributed by atoms with E-state index in [2.05, 4.69) is 0 Å². The molecule has 0 N–H and O–H groups in total. The van der Waals surface area contributed by atoms with E-state index in [0.717, 1.165) is 35.4 Å². The van der Waals surface area contributed by atoms with Crippen molar-refractivity contribution in [3.63, 3.8) is 0 Å². The Kier molecular flexibility index (Phi) is 7.30. The minimum atomic E-state index is -0.271. The van der Waals surface area contributed by atoms with Gasteiger partial charge in [-0.05, 0) is 60.4 Å². The fourth-order valence-corrected chi connectivity index (χ4v) is 4.06. The minimum Gasteiger partial charge on any atom is -0.497 e. The molecule has 2 aromatic rings. The number of ether oxygens (including phenoxy) is 2. The number of methoxy groups -OCH3 is 2. The number of hydrogen-bond acceptors (Lipinski definition) is 5. The van der Waals surface area contributed by atoms with Crippen LogP contribution in [0.15, 0.2) is 53.6 Å². The van der Waals surface area contributed by atoms with Gasteiger partial charge in [0.25, 0.3) is 5.91 Å². The average molecular weight is 470 g/mol. The topological polar surface area (TPSA) is 71.4 Å². The Morgan fingerprint density at radius 1 is 1.09 bits per heavy atom. The third kappa shape index (κ3) is 5.54. The molecule has 4 rings (SSSR count). The van der Waals surface area contributed by atoms with Gasteiger partial charge in [0.2, 0.25) is 5.91 Å². The standard InChI is InChI=1S/C25H28ClN3O4/c1-32-14-13-28(25(31)19-3-4-19)16-24(30)29-23(18-5-9-20(26)10-6-18)15-22(27-29)17-7-11-21(33-2)12-8-17/h5-12,19,23H,3-4,13-16H2,1-2H3/t23-/m0/s1. The third-order valence-corrected chi connectivity index (χ3v) is 6.23.